The number of nitrogens with two attached hydrogens (primary N) is 1. The van der Waals surface area contributed by atoms with Crippen LogP contribution in [0.15, 0.2) is 47.0 Å². The van der Waals surface area contributed by atoms with Gasteiger partial charge in [-0.15, -0.1) is 0 Å². The van der Waals surface area contributed by atoms with Crippen molar-refractivity contribution in [1.29, 1.82) is 0 Å². The van der Waals surface area contributed by atoms with Crippen LogP contribution in [0.25, 0.3) is 22.8 Å². The summed E-state index contributed by atoms with van der Waals surface area (Å²) in [5.74, 6) is 6.86. The van der Waals surface area contributed by atoms with Gasteiger partial charge in [-0.3, -0.25) is 0 Å². The summed E-state index contributed by atoms with van der Waals surface area (Å²) in [6.45, 7) is 1.54. The van der Waals surface area contributed by atoms with Gasteiger partial charge in [0.2, 0.25) is 5.82 Å². The summed E-state index contributed by atoms with van der Waals surface area (Å²) in [5, 5.41) is 22.8. The predicted octanol–water partition coefficient (Wildman–Crippen LogP) is 2.49. The Morgan fingerprint density at radius 1 is 1.14 bits per heavy atom. The highest BCUT2D eigenvalue weighted by atomic mass is 35.5. The Morgan fingerprint density at radius 3 is 2.45 bits per heavy atom. The number of aliphatic hydroxyl groups excluding tert-OH is 2. The molecular weight excluding hydrogens is 394 g/mol. The lowest BCUT2D eigenvalue weighted by molar-refractivity contribution is 0.158. The van der Waals surface area contributed by atoms with Gasteiger partial charge < -0.3 is 25.2 Å². The summed E-state index contributed by atoms with van der Waals surface area (Å²) in [7, 11) is 0. The minimum atomic E-state index is -1.33. The molecule has 0 aliphatic carbocycles. The number of nitrogens with zero attached hydrogens (tertiary/aromatic N) is 2. The van der Waals surface area contributed by atoms with Gasteiger partial charge in [0.1, 0.15) is 11.3 Å². The largest absolute Gasteiger partial charge is 0.492 e. The van der Waals surface area contributed by atoms with Crippen molar-refractivity contribution in [3.63, 3.8) is 0 Å². The van der Waals surface area contributed by atoms with E-state index in [1.165, 1.54) is 0 Å². The molecule has 7 nitrogen and oxygen atoms in total. The second kappa shape index (κ2) is 9.07. The van der Waals surface area contributed by atoms with Crippen LogP contribution in [0.1, 0.15) is 12.5 Å². The maximum Gasteiger partial charge on any atom is 0.258 e. The van der Waals surface area contributed by atoms with Crippen molar-refractivity contribution in [3.8, 4) is 40.4 Å². The predicted molar refractivity (Wildman–Crippen MR) is 109 cm³/mol. The van der Waals surface area contributed by atoms with Crippen molar-refractivity contribution in [2.45, 2.75) is 12.5 Å². The van der Waals surface area contributed by atoms with Gasteiger partial charge in [0.25, 0.3) is 5.89 Å². The van der Waals surface area contributed by atoms with E-state index in [0.29, 0.717) is 40.2 Å². The van der Waals surface area contributed by atoms with Gasteiger partial charge in [0.15, 0.2) is 0 Å². The molecule has 29 heavy (non-hydrogen) atoms. The van der Waals surface area contributed by atoms with Crippen LogP contribution >= 0.6 is 11.6 Å². The van der Waals surface area contributed by atoms with Crippen molar-refractivity contribution in [3.05, 3.63) is 53.1 Å². The number of benzene rings is 2. The van der Waals surface area contributed by atoms with Gasteiger partial charge in [0, 0.05) is 16.7 Å². The molecule has 4 N–H and O–H groups in total. The van der Waals surface area contributed by atoms with Crippen molar-refractivity contribution >= 4 is 11.6 Å². The average Bonchev–Trinajstić information content (AvgIpc) is 3.24. The molecule has 0 atom stereocenters. The molecule has 0 saturated carbocycles. The third kappa shape index (κ3) is 4.94. The van der Waals surface area contributed by atoms with Crippen molar-refractivity contribution in [2.24, 2.45) is 5.73 Å². The molecule has 1 heterocycles. The van der Waals surface area contributed by atoms with Crippen LogP contribution < -0.4 is 10.5 Å². The molecule has 0 fully saturated rings. The van der Waals surface area contributed by atoms with Crippen LogP contribution in [0.2, 0.25) is 5.02 Å². The minimum Gasteiger partial charge on any atom is -0.492 e. The van der Waals surface area contributed by atoms with E-state index in [0.717, 1.165) is 5.56 Å². The summed E-state index contributed by atoms with van der Waals surface area (Å²) in [4.78, 5) is 4.41. The lowest BCUT2D eigenvalue weighted by Crippen LogP contribution is -2.45. The SMILES string of the molecule is CCOc1ccc(-c2nc(-c3ccc(C#CC(N)(CO)CO)cc3)no2)cc1Cl. The Morgan fingerprint density at radius 2 is 1.83 bits per heavy atom. The lowest BCUT2D eigenvalue weighted by Gasteiger charge is -2.16. The molecule has 3 aromatic rings. The first-order valence-corrected chi connectivity index (χ1v) is 9.26. The van der Waals surface area contributed by atoms with Crippen LogP contribution in [0, 0.1) is 11.8 Å². The monoisotopic (exact) mass is 413 g/mol. The van der Waals surface area contributed by atoms with E-state index in [4.69, 9.17) is 26.6 Å². The Balaban J connectivity index is 1.79. The Labute approximate surface area is 173 Å². The minimum absolute atomic E-state index is 0.340. The Kier molecular flexibility index (Phi) is 6.52. The van der Waals surface area contributed by atoms with Crippen molar-refractivity contribution in [1.82, 2.24) is 10.1 Å². The van der Waals surface area contributed by atoms with E-state index < -0.39 is 18.8 Å². The summed E-state index contributed by atoms with van der Waals surface area (Å²) in [6.07, 6.45) is 0. The van der Waals surface area contributed by atoms with E-state index in [1.54, 1.807) is 42.5 Å². The number of ether oxygens (including phenoxy) is 1. The van der Waals surface area contributed by atoms with Gasteiger partial charge in [-0.05, 0) is 49.4 Å². The van der Waals surface area contributed by atoms with Gasteiger partial charge >= 0.3 is 0 Å². The standard InChI is InChI=1S/C21H20ClN3O4/c1-2-28-18-8-7-16(11-17(18)22)20-24-19(25-29-20)15-5-3-14(4-6-15)9-10-21(23,12-26)13-27/h3-8,11,26-27H,2,12-13,23H2,1H3. The molecule has 150 valence electrons. The summed E-state index contributed by atoms with van der Waals surface area (Å²) in [6, 6.07) is 12.4. The molecule has 0 unspecified atom stereocenters. The zero-order chi connectivity index (χ0) is 20.9. The number of hydrogen-bond donors (Lipinski definition) is 3. The highest BCUT2D eigenvalue weighted by molar-refractivity contribution is 6.32. The van der Waals surface area contributed by atoms with Crippen LogP contribution in [-0.4, -0.2) is 45.7 Å². The maximum absolute atomic E-state index is 9.18. The van der Waals surface area contributed by atoms with Crippen molar-refractivity contribution in [2.75, 3.05) is 19.8 Å². The average molecular weight is 414 g/mol. The number of halogens is 1. The molecule has 0 saturated heterocycles. The smallest absolute Gasteiger partial charge is 0.258 e. The molecule has 2 aromatic carbocycles. The normalized spacial score (nSPS) is 11.1. The molecule has 0 bridgehead atoms. The number of aromatic nitrogens is 2. The summed E-state index contributed by atoms with van der Waals surface area (Å²) in [5.41, 5.74) is 6.51. The number of rotatable bonds is 6. The first kappa shape index (κ1) is 20.8. The lowest BCUT2D eigenvalue weighted by atomic mass is 10.0. The third-order valence-corrected chi connectivity index (χ3v) is 4.36. The maximum atomic E-state index is 9.18. The van der Waals surface area contributed by atoms with E-state index in [9.17, 15) is 10.2 Å². The first-order chi connectivity index (χ1) is 14.0. The fraction of sp³-hybridized carbons (Fsp3) is 0.238. The van der Waals surface area contributed by atoms with Crippen molar-refractivity contribution < 1.29 is 19.5 Å². The second-order valence-electron chi connectivity index (χ2n) is 6.30. The van der Waals surface area contributed by atoms with Gasteiger partial charge in [-0.2, -0.15) is 4.98 Å². The van der Waals surface area contributed by atoms with E-state index in [-0.39, 0.29) is 0 Å². The van der Waals surface area contributed by atoms with Gasteiger partial charge in [-0.1, -0.05) is 28.6 Å². The topological polar surface area (TPSA) is 115 Å². The quantitative estimate of drug-likeness (QED) is 0.532. The molecule has 8 heteroatoms. The molecule has 3 rings (SSSR count). The second-order valence-corrected chi connectivity index (χ2v) is 6.71. The van der Waals surface area contributed by atoms with Crippen LogP contribution in [-0.2, 0) is 0 Å². The number of hydrogen-bond acceptors (Lipinski definition) is 7. The van der Waals surface area contributed by atoms with E-state index in [1.807, 2.05) is 6.92 Å². The van der Waals surface area contributed by atoms with Crippen LogP contribution in [0.5, 0.6) is 5.75 Å². The molecule has 0 spiro atoms. The van der Waals surface area contributed by atoms with E-state index >= 15 is 0 Å². The number of aliphatic hydroxyl groups is 2. The molecule has 0 aliphatic heterocycles. The summed E-state index contributed by atoms with van der Waals surface area (Å²) < 4.78 is 10.8. The third-order valence-electron chi connectivity index (χ3n) is 4.07. The highest BCUT2D eigenvalue weighted by Crippen LogP contribution is 2.30. The summed E-state index contributed by atoms with van der Waals surface area (Å²) >= 11 is 6.21. The fourth-order valence-corrected chi connectivity index (χ4v) is 2.63. The highest BCUT2D eigenvalue weighted by Gasteiger charge is 2.19. The molecular formula is C21H20ClN3O4. The first-order valence-electron chi connectivity index (χ1n) is 8.88. The van der Waals surface area contributed by atoms with Gasteiger partial charge in [-0.25, -0.2) is 0 Å². The van der Waals surface area contributed by atoms with Crippen LogP contribution in [0.3, 0.4) is 0 Å². The van der Waals surface area contributed by atoms with Crippen LogP contribution in [0.4, 0.5) is 0 Å². The molecule has 0 aliphatic rings. The van der Waals surface area contributed by atoms with Gasteiger partial charge in [0.05, 0.1) is 24.8 Å². The zero-order valence-electron chi connectivity index (χ0n) is 15.7. The molecule has 1 aromatic heterocycles. The Bertz CT molecular complexity index is 1030. The molecule has 0 amide bonds. The molecule has 0 radical (unpaired) electrons. The zero-order valence-corrected chi connectivity index (χ0v) is 16.5. The fourth-order valence-electron chi connectivity index (χ4n) is 2.39. The van der Waals surface area contributed by atoms with E-state index in [2.05, 4.69) is 22.0 Å². The Hall–Kier alpha value is -2.89.